The van der Waals surface area contributed by atoms with Crippen molar-refractivity contribution in [3.05, 3.63) is 60.2 Å². The van der Waals surface area contributed by atoms with Gasteiger partial charge in [-0.1, -0.05) is 49.4 Å². The molecule has 2 amide bonds. The van der Waals surface area contributed by atoms with Crippen molar-refractivity contribution in [2.75, 3.05) is 13.2 Å². The van der Waals surface area contributed by atoms with Gasteiger partial charge in [-0.25, -0.2) is 0 Å². The molecule has 0 heterocycles. The molecule has 0 fully saturated rings. The zero-order valence-electron chi connectivity index (χ0n) is 15.5. The summed E-state index contributed by atoms with van der Waals surface area (Å²) in [4.78, 5) is 35.3. The van der Waals surface area contributed by atoms with Crippen LogP contribution in [-0.4, -0.2) is 37.0 Å². The predicted molar refractivity (Wildman–Crippen MR) is 103 cm³/mol. The SMILES string of the molecule is CC[C@@H](C)NC(=O)COC(=O)CNC(=O)c1ccc(-c2ccccc2)cc1. The Morgan fingerprint density at radius 1 is 0.963 bits per heavy atom. The van der Waals surface area contributed by atoms with Crippen LogP contribution in [0.15, 0.2) is 54.6 Å². The molecule has 0 aliphatic carbocycles. The number of carbonyl (C=O) groups is 3. The van der Waals surface area contributed by atoms with Crippen LogP contribution in [0.25, 0.3) is 11.1 Å². The number of benzene rings is 2. The van der Waals surface area contributed by atoms with E-state index in [1.165, 1.54) is 0 Å². The van der Waals surface area contributed by atoms with Crippen molar-refractivity contribution in [2.24, 2.45) is 0 Å². The van der Waals surface area contributed by atoms with Gasteiger partial charge in [0.15, 0.2) is 6.61 Å². The zero-order valence-corrected chi connectivity index (χ0v) is 15.5. The van der Waals surface area contributed by atoms with E-state index in [9.17, 15) is 14.4 Å². The quantitative estimate of drug-likeness (QED) is 0.702. The van der Waals surface area contributed by atoms with E-state index in [1.807, 2.05) is 56.3 Å². The van der Waals surface area contributed by atoms with Gasteiger partial charge in [-0.3, -0.25) is 14.4 Å². The standard InChI is InChI=1S/C21H24N2O4/c1-3-15(2)23-19(24)14-27-20(25)13-22-21(26)18-11-9-17(10-12-18)16-7-5-4-6-8-16/h4-12,15H,3,13-14H2,1-2H3,(H,22,26)(H,23,24)/t15-/m1/s1. The molecule has 2 aromatic rings. The summed E-state index contributed by atoms with van der Waals surface area (Å²) in [5.74, 6) is -1.40. The zero-order chi connectivity index (χ0) is 19.6. The van der Waals surface area contributed by atoms with Gasteiger partial charge in [-0.05, 0) is 36.6 Å². The molecule has 0 bridgehead atoms. The predicted octanol–water partition coefficient (Wildman–Crippen LogP) is 2.54. The minimum Gasteiger partial charge on any atom is -0.454 e. The highest BCUT2D eigenvalue weighted by atomic mass is 16.5. The Labute approximate surface area is 158 Å². The van der Waals surface area contributed by atoms with Gasteiger partial charge in [0, 0.05) is 11.6 Å². The lowest BCUT2D eigenvalue weighted by molar-refractivity contribution is -0.147. The molecular weight excluding hydrogens is 344 g/mol. The maximum atomic E-state index is 12.1. The molecule has 27 heavy (non-hydrogen) atoms. The van der Waals surface area contributed by atoms with Crippen LogP contribution in [0.5, 0.6) is 0 Å². The first-order valence-electron chi connectivity index (χ1n) is 8.88. The average Bonchev–Trinajstić information content (AvgIpc) is 2.71. The molecule has 142 valence electrons. The molecule has 0 saturated carbocycles. The van der Waals surface area contributed by atoms with Gasteiger partial charge in [0.1, 0.15) is 6.54 Å². The number of hydrogen-bond donors (Lipinski definition) is 2. The van der Waals surface area contributed by atoms with E-state index in [2.05, 4.69) is 10.6 Å². The van der Waals surface area contributed by atoms with Crippen LogP contribution < -0.4 is 10.6 Å². The first-order valence-corrected chi connectivity index (χ1v) is 8.88. The van der Waals surface area contributed by atoms with E-state index >= 15 is 0 Å². The third-order valence-electron chi connectivity index (χ3n) is 4.03. The Bertz CT molecular complexity index is 773. The van der Waals surface area contributed by atoms with E-state index in [0.717, 1.165) is 17.5 Å². The van der Waals surface area contributed by atoms with Crippen molar-refractivity contribution in [3.8, 4) is 11.1 Å². The normalized spacial score (nSPS) is 11.3. The van der Waals surface area contributed by atoms with Crippen molar-refractivity contribution < 1.29 is 19.1 Å². The van der Waals surface area contributed by atoms with Gasteiger partial charge >= 0.3 is 5.97 Å². The fraction of sp³-hybridized carbons (Fsp3) is 0.286. The molecule has 6 nitrogen and oxygen atoms in total. The van der Waals surface area contributed by atoms with Crippen LogP contribution in [0.1, 0.15) is 30.6 Å². The molecule has 1 atom stereocenters. The second-order valence-corrected chi connectivity index (χ2v) is 6.16. The smallest absolute Gasteiger partial charge is 0.325 e. The molecule has 0 spiro atoms. The van der Waals surface area contributed by atoms with Crippen LogP contribution in [0, 0.1) is 0 Å². The number of ether oxygens (including phenoxy) is 1. The second kappa shape index (κ2) is 10.1. The number of hydrogen-bond acceptors (Lipinski definition) is 4. The van der Waals surface area contributed by atoms with E-state index in [1.54, 1.807) is 12.1 Å². The van der Waals surface area contributed by atoms with E-state index in [-0.39, 0.29) is 31.0 Å². The minimum absolute atomic E-state index is 0.0229. The highest BCUT2D eigenvalue weighted by molar-refractivity contribution is 5.96. The Morgan fingerprint density at radius 2 is 1.59 bits per heavy atom. The summed E-state index contributed by atoms with van der Waals surface area (Å²) in [6, 6.07) is 16.9. The van der Waals surface area contributed by atoms with E-state index in [0.29, 0.717) is 5.56 Å². The van der Waals surface area contributed by atoms with Crippen LogP contribution in [0.2, 0.25) is 0 Å². The Kier molecular flexibility index (Phi) is 7.55. The summed E-state index contributed by atoms with van der Waals surface area (Å²) < 4.78 is 4.85. The lowest BCUT2D eigenvalue weighted by atomic mass is 10.0. The molecule has 6 heteroatoms. The molecule has 2 aromatic carbocycles. The molecule has 0 radical (unpaired) electrons. The number of carbonyl (C=O) groups excluding carboxylic acids is 3. The van der Waals surface area contributed by atoms with Crippen molar-refractivity contribution in [2.45, 2.75) is 26.3 Å². The summed E-state index contributed by atoms with van der Waals surface area (Å²) in [6.07, 6.45) is 0.790. The molecule has 0 unspecified atom stereocenters. The van der Waals surface area contributed by atoms with Crippen LogP contribution in [0.3, 0.4) is 0 Å². The molecule has 2 rings (SSSR count). The van der Waals surface area contributed by atoms with Crippen molar-refractivity contribution >= 4 is 17.8 Å². The lowest BCUT2D eigenvalue weighted by Crippen LogP contribution is -2.37. The Balaban J connectivity index is 1.78. The minimum atomic E-state index is -0.663. The second-order valence-electron chi connectivity index (χ2n) is 6.16. The van der Waals surface area contributed by atoms with E-state index in [4.69, 9.17) is 4.74 Å². The highest BCUT2D eigenvalue weighted by Gasteiger charge is 2.12. The molecule has 2 N–H and O–H groups in total. The lowest BCUT2D eigenvalue weighted by Gasteiger charge is -2.11. The number of esters is 1. The number of nitrogens with one attached hydrogen (secondary N) is 2. The molecule has 0 aliphatic rings. The van der Waals surface area contributed by atoms with Crippen molar-refractivity contribution in [1.29, 1.82) is 0 Å². The molecule has 0 aliphatic heterocycles. The molecule has 0 saturated heterocycles. The number of rotatable bonds is 8. The fourth-order valence-electron chi connectivity index (χ4n) is 2.31. The Hall–Kier alpha value is -3.15. The highest BCUT2D eigenvalue weighted by Crippen LogP contribution is 2.19. The van der Waals surface area contributed by atoms with Gasteiger partial charge in [-0.2, -0.15) is 0 Å². The first-order chi connectivity index (χ1) is 13.0. The maximum Gasteiger partial charge on any atom is 0.325 e. The summed E-state index contributed by atoms with van der Waals surface area (Å²) in [6.45, 7) is 3.16. The average molecular weight is 368 g/mol. The van der Waals surface area contributed by atoms with Crippen LogP contribution in [0.4, 0.5) is 0 Å². The summed E-state index contributed by atoms with van der Waals surface area (Å²) >= 11 is 0. The Morgan fingerprint density at radius 3 is 2.22 bits per heavy atom. The fourth-order valence-corrected chi connectivity index (χ4v) is 2.31. The summed E-state index contributed by atoms with van der Waals surface area (Å²) in [5, 5.41) is 5.18. The number of amides is 2. The third-order valence-corrected chi connectivity index (χ3v) is 4.03. The van der Waals surface area contributed by atoms with Crippen LogP contribution >= 0.6 is 0 Å². The third kappa shape index (κ3) is 6.58. The largest absolute Gasteiger partial charge is 0.454 e. The topological polar surface area (TPSA) is 84.5 Å². The van der Waals surface area contributed by atoms with Crippen LogP contribution in [-0.2, 0) is 14.3 Å². The summed E-state index contributed by atoms with van der Waals surface area (Å²) in [7, 11) is 0. The van der Waals surface area contributed by atoms with Gasteiger partial charge in [0.25, 0.3) is 11.8 Å². The van der Waals surface area contributed by atoms with Gasteiger partial charge < -0.3 is 15.4 Å². The van der Waals surface area contributed by atoms with Crippen molar-refractivity contribution in [1.82, 2.24) is 10.6 Å². The first kappa shape index (κ1) is 20.2. The molecule has 0 aromatic heterocycles. The maximum absolute atomic E-state index is 12.1. The van der Waals surface area contributed by atoms with Gasteiger partial charge in [0.2, 0.25) is 0 Å². The monoisotopic (exact) mass is 368 g/mol. The molecular formula is C21H24N2O4. The van der Waals surface area contributed by atoms with Crippen molar-refractivity contribution in [3.63, 3.8) is 0 Å². The van der Waals surface area contributed by atoms with Gasteiger partial charge in [0.05, 0.1) is 0 Å². The summed E-state index contributed by atoms with van der Waals surface area (Å²) in [5.41, 5.74) is 2.50. The van der Waals surface area contributed by atoms with Gasteiger partial charge in [-0.15, -0.1) is 0 Å². The van der Waals surface area contributed by atoms with E-state index < -0.39 is 5.97 Å².